The molecule has 2 heterocycles. The Balaban J connectivity index is 2.12. The lowest BCUT2D eigenvalue weighted by atomic mass is 10.0. The number of carbonyl (C=O) groups excluding carboxylic acids is 1. The predicted octanol–water partition coefficient (Wildman–Crippen LogP) is 2.30. The van der Waals surface area contributed by atoms with Crippen LogP contribution in [0.4, 0.5) is 0 Å². The van der Waals surface area contributed by atoms with Gasteiger partial charge in [-0.2, -0.15) is 0 Å². The van der Waals surface area contributed by atoms with Crippen LogP contribution in [0.3, 0.4) is 0 Å². The van der Waals surface area contributed by atoms with Crippen molar-refractivity contribution in [2.24, 2.45) is 0 Å². The van der Waals surface area contributed by atoms with Crippen LogP contribution >= 0.6 is 11.3 Å². The number of hydrogen-bond donors (Lipinski definition) is 1. The van der Waals surface area contributed by atoms with Crippen molar-refractivity contribution in [3.63, 3.8) is 0 Å². The van der Waals surface area contributed by atoms with Gasteiger partial charge in [-0.3, -0.25) is 4.79 Å². The Morgan fingerprint density at radius 2 is 2.44 bits per heavy atom. The number of likely N-dealkylation sites (tertiary alicyclic amines) is 1. The van der Waals surface area contributed by atoms with Gasteiger partial charge in [-0.25, -0.2) is 4.98 Å². The van der Waals surface area contributed by atoms with E-state index in [4.69, 9.17) is 0 Å². The van der Waals surface area contributed by atoms with E-state index in [9.17, 15) is 9.90 Å². The number of carbonyl (C=O) groups is 1. The molecule has 0 spiro atoms. The summed E-state index contributed by atoms with van der Waals surface area (Å²) < 4.78 is 0. The number of aromatic nitrogens is 1. The van der Waals surface area contributed by atoms with Crippen molar-refractivity contribution in [2.45, 2.75) is 51.2 Å². The molecule has 0 radical (unpaired) electrons. The number of hydrogen-bond acceptors (Lipinski definition) is 4. The van der Waals surface area contributed by atoms with Gasteiger partial charge < -0.3 is 10.0 Å². The van der Waals surface area contributed by atoms with Gasteiger partial charge in [-0.05, 0) is 26.2 Å². The summed E-state index contributed by atoms with van der Waals surface area (Å²) in [6, 6.07) is 0.154. The van der Waals surface area contributed by atoms with Crippen LogP contribution in [-0.4, -0.2) is 39.6 Å². The minimum absolute atomic E-state index is 0.0174. The van der Waals surface area contributed by atoms with Gasteiger partial charge in [0.05, 0.1) is 11.6 Å². The summed E-state index contributed by atoms with van der Waals surface area (Å²) in [5.74, 6) is 0.0174. The van der Waals surface area contributed by atoms with Gasteiger partial charge in [0.25, 0.3) is 5.91 Å². The first-order valence-electron chi connectivity index (χ1n) is 6.55. The molecule has 1 N–H and O–H groups in total. The molecule has 2 rings (SSSR count). The van der Waals surface area contributed by atoms with Crippen LogP contribution in [0.15, 0.2) is 10.9 Å². The molecule has 0 saturated carbocycles. The first-order chi connectivity index (χ1) is 8.68. The Kier molecular flexibility index (Phi) is 4.72. The van der Waals surface area contributed by atoms with Crippen molar-refractivity contribution in [1.82, 2.24) is 9.88 Å². The molecule has 2 atom stereocenters. The first kappa shape index (κ1) is 13.5. The highest BCUT2D eigenvalue weighted by Gasteiger charge is 2.27. The van der Waals surface area contributed by atoms with E-state index in [0.717, 1.165) is 32.2 Å². The summed E-state index contributed by atoms with van der Waals surface area (Å²) in [5.41, 5.74) is 2.23. The minimum atomic E-state index is -0.362. The van der Waals surface area contributed by atoms with E-state index in [1.54, 1.807) is 17.8 Å². The zero-order valence-corrected chi connectivity index (χ0v) is 11.5. The van der Waals surface area contributed by atoms with E-state index < -0.39 is 0 Å². The van der Waals surface area contributed by atoms with E-state index in [1.807, 2.05) is 4.90 Å². The lowest BCUT2D eigenvalue weighted by molar-refractivity contribution is 0.0602. The first-order valence-corrected chi connectivity index (χ1v) is 7.50. The maximum atomic E-state index is 12.4. The zero-order valence-electron chi connectivity index (χ0n) is 10.7. The molecule has 1 aromatic rings. The van der Waals surface area contributed by atoms with E-state index in [2.05, 4.69) is 4.98 Å². The highest BCUT2D eigenvalue weighted by atomic mass is 32.1. The highest BCUT2D eigenvalue weighted by Crippen LogP contribution is 2.22. The van der Waals surface area contributed by atoms with E-state index in [-0.39, 0.29) is 18.1 Å². The monoisotopic (exact) mass is 268 g/mol. The number of nitrogens with zero attached hydrogens (tertiary/aromatic N) is 2. The smallest absolute Gasteiger partial charge is 0.273 e. The topological polar surface area (TPSA) is 53.4 Å². The maximum absolute atomic E-state index is 12.4. The van der Waals surface area contributed by atoms with Crippen LogP contribution in [0.25, 0.3) is 0 Å². The molecule has 0 aromatic carbocycles. The third kappa shape index (κ3) is 3.29. The van der Waals surface area contributed by atoms with Crippen LogP contribution in [-0.2, 0) is 0 Å². The molecule has 4 nitrogen and oxygen atoms in total. The fraction of sp³-hybridized carbons (Fsp3) is 0.692. The molecule has 1 fully saturated rings. The second-order valence-corrected chi connectivity index (χ2v) is 5.68. The quantitative estimate of drug-likeness (QED) is 0.915. The average Bonchev–Trinajstić information content (AvgIpc) is 2.76. The fourth-order valence-corrected chi connectivity index (χ4v) is 3.07. The van der Waals surface area contributed by atoms with Gasteiger partial charge in [0, 0.05) is 18.0 Å². The largest absolute Gasteiger partial charge is 0.393 e. The summed E-state index contributed by atoms with van der Waals surface area (Å²) in [6.45, 7) is 2.57. The molecule has 1 aliphatic heterocycles. The van der Waals surface area contributed by atoms with Crippen molar-refractivity contribution >= 4 is 17.2 Å². The highest BCUT2D eigenvalue weighted by molar-refractivity contribution is 7.07. The summed E-state index contributed by atoms with van der Waals surface area (Å²) >= 11 is 1.44. The summed E-state index contributed by atoms with van der Waals surface area (Å²) in [6.07, 6.45) is 4.64. The van der Waals surface area contributed by atoms with Crippen molar-refractivity contribution < 1.29 is 9.90 Å². The molecule has 1 aromatic heterocycles. The number of aliphatic hydroxyl groups is 1. The normalized spacial score (nSPS) is 22.6. The lowest BCUT2D eigenvalue weighted by Crippen LogP contribution is -2.41. The molecule has 1 aliphatic rings. The Morgan fingerprint density at radius 3 is 3.11 bits per heavy atom. The molecule has 0 aliphatic carbocycles. The predicted molar refractivity (Wildman–Crippen MR) is 71.7 cm³/mol. The number of thiazole rings is 1. The van der Waals surface area contributed by atoms with Crippen LogP contribution in [0, 0.1) is 0 Å². The van der Waals surface area contributed by atoms with Crippen molar-refractivity contribution in [3.05, 3.63) is 16.6 Å². The number of amides is 1. The Bertz CT molecular complexity index is 378. The Labute approximate surface area is 112 Å². The molecule has 18 heavy (non-hydrogen) atoms. The molecule has 2 unspecified atom stereocenters. The van der Waals surface area contributed by atoms with Gasteiger partial charge in [0.2, 0.25) is 0 Å². The van der Waals surface area contributed by atoms with E-state index in [0.29, 0.717) is 12.1 Å². The van der Waals surface area contributed by atoms with Gasteiger partial charge in [0.15, 0.2) is 0 Å². The zero-order chi connectivity index (χ0) is 13.0. The fourth-order valence-electron chi connectivity index (χ4n) is 2.55. The van der Waals surface area contributed by atoms with Gasteiger partial charge >= 0.3 is 0 Å². The van der Waals surface area contributed by atoms with Crippen molar-refractivity contribution in [3.8, 4) is 0 Å². The molecule has 1 amide bonds. The maximum Gasteiger partial charge on any atom is 0.273 e. The van der Waals surface area contributed by atoms with Crippen LogP contribution in [0.5, 0.6) is 0 Å². The molecular weight excluding hydrogens is 248 g/mol. The van der Waals surface area contributed by atoms with Crippen molar-refractivity contribution in [2.75, 3.05) is 6.54 Å². The van der Waals surface area contributed by atoms with Gasteiger partial charge in [-0.1, -0.05) is 12.8 Å². The number of aliphatic hydroxyl groups excluding tert-OH is 1. The summed E-state index contributed by atoms with van der Waals surface area (Å²) in [5, 5.41) is 11.4. The Hall–Kier alpha value is -0.940. The van der Waals surface area contributed by atoms with E-state index in [1.165, 1.54) is 11.3 Å². The lowest BCUT2D eigenvalue weighted by Gasteiger charge is -2.30. The summed E-state index contributed by atoms with van der Waals surface area (Å²) in [4.78, 5) is 18.4. The molecule has 100 valence electrons. The van der Waals surface area contributed by atoms with E-state index >= 15 is 0 Å². The Morgan fingerprint density at radius 1 is 1.61 bits per heavy atom. The third-order valence-electron chi connectivity index (χ3n) is 3.40. The molecular formula is C13H20N2O2S. The molecule has 1 saturated heterocycles. The SMILES string of the molecule is CC(O)CC1CCCCCN1C(=O)c1cscn1. The van der Waals surface area contributed by atoms with Crippen molar-refractivity contribution in [1.29, 1.82) is 0 Å². The second kappa shape index (κ2) is 6.29. The standard InChI is InChI=1S/C13H20N2O2S/c1-10(16)7-11-5-3-2-4-6-15(11)13(17)12-8-18-9-14-12/h8-11,16H,2-7H2,1H3. The third-order valence-corrected chi connectivity index (χ3v) is 3.99. The van der Waals surface area contributed by atoms with Crippen LogP contribution in [0.1, 0.15) is 49.5 Å². The van der Waals surface area contributed by atoms with Gasteiger partial charge in [-0.15, -0.1) is 11.3 Å². The molecule has 0 bridgehead atoms. The van der Waals surface area contributed by atoms with Crippen LogP contribution in [0.2, 0.25) is 0 Å². The van der Waals surface area contributed by atoms with Crippen LogP contribution < -0.4 is 0 Å². The second-order valence-electron chi connectivity index (χ2n) is 4.96. The minimum Gasteiger partial charge on any atom is -0.393 e. The number of rotatable bonds is 3. The van der Waals surface area contributed by atoms with Gasteiger partial charge in [0.1, 0.15) is 5.69 Å². The molecule has 5 heteroatoms. The summed E-state index contributed by atoms with van der Waals surface area (Å²) in [7, 11) is 0. The average molecular weight is 268 g/mol.